The van der Waals surface area contributed by atoms with Gasteiger partial charge in [0, 0.05) is 47.9 Å². The fourth-order valence-corrected chi connectivity index (χ4v) is 6.18. The van der Waals surface area contributed by atoms with Gasteiger partial charge in [-0.1, -0.05) is 24.3 Å². The van der Waals surface area contributed by atoms with Gasteiger partial charge in [-0.2, -0.15) is 26.3 Å². The van der Waals surface area contributed by atoms with Crippen molar-refractivity contribution >= 4 is 16.5 Å². The number of aliphatic hydroxyl groups excluding tert-OH is 1. The van der Waals surface area contributed by atoms with Gasteiger partial charge in [0.25, 0.3) is 0 Å². The van der Waals surface area contributed by atoms with Gasteiger partial charge in [-0.3, -0.25) is 4.21 Å². The average Bonchev–Trinajstić information content (AvgIpc) is 2.86. The van der Waals surface area contributed by atoms with Crippen molar-refractivity contribution in [2.24, 2.45) is 5.92 Å². The molecule has 0 saturated carbocycles. The van der Waals surface area contributed by atoms with Crippen molar-refractivity contribution in [2.45, 2.75) is 62.8 Å². The summed E-state index contributed by atoms with van der Waals surface area (Å²) in [5, 5.41) is 14.1. The van der Waals surface area contributed by atoms with Crippen LogP contribution in [0.3, 0.4) is 0 Å². The number of halogens is 7. The van der Waals surface area contributed by atoms with E-state index in [2.05, 4.69) is 10.1 Å². The van der Waals surface area contributed by atoms with E-state index in [0.717, 1.165) is 33.1 Å². The number of alkyl halides is 6. The maximum atomic E-state index is 14.6. The van der Waals surface area contributed by atoms with Gasteiger partial charge in [0.2, 0.25) is 6.10 Å². The molecule has 14 heteroatoms. The number of nitrogens with two attached hydrogens (primary N) is 1. The summed E-state index contributed by atoms with van der Waals surface area (Å²) < 4.78 is 117. The summed E-state index contributed by atoms with van der Waals surface area (Å²) in [6.07, 6.45) is -12.8. The van der Waals surface area contributed by atoms with Gasteiger partial charge >= 0.3 is 12.4 Å². The first-order chi connectivity index (χ1) is 18.9. The van der Waals surface area contributed by atoms with Gasteiger partial charge in [-0.25, -0.2) is 4.39 Å². The Balaban J connectivity index is 1.75. The van der Waals surface area contributed by atoms with E-state index in [1.54, 1.807) is 6.07 Å². The molecule has 0 aliphatic carbocycles. The number of methoxy groups -OCH3 is 1. The smallest absolute Gasteiger partial charge is 0.427 e. The van der Waals surface area contributed by atoms with Crippen LogP contribution >= 0.6 is 0 Å². The molecule has 5 atom stereocenters. The highest BCUT2D eigenvalue weighted by Crippen LogP contribution is 2.40. The Morgan fingerprint density at radius 1 is 1.10 bits per heavy atom. The third-order valence-electron chi connectivity index (χ3n) is 7.19. The quantitative estimate of drug-likeness (QED) is 0.267. The van der Waals surface area contributed by atoms with Gasteiger partial charge in [0.05, 0.1) is 18.1 Å². The van der Waals surface area contributed by atoms with E-state index in [4.69, 9.17) is 10.5 Å². The molecule has 1 saturated heterocycles. The molecule has 2 aromatic carbocycles. The molecule has 230 valence electrons. The molecular weight excluding hydrogens is 581 g/mol. The lowest BCUT2D eigenvalue weighted by Gasteiger charge is -2.35. The minimum Gasteiger partial charge on any atom is -0.476 e. The third kappa shape index (κ3) is 8.11. The second kappa shape index (κ2) is 12.8. The first-order valence-corrected chi connectivity index (χ1v) is 14.2. The molecule has 41 heavy (non-hydrogen) atoms. The van der Waals surface area contributed by atoms with Crippen LogP contribution in [0.5, 0.6) is 5.75 Å². The highest BCUT2D eigenvalue weighted by Gasteiger charge is 2.48. The van der Waals surface area contributed by atoms with E-state index in [1.807, 2.05) is 0 Å². The van der Waals surface area contributed by atoms with Crippen LogP contribution in [0.25, 0.3) is 0 Å². The zero-order valence-electron chi connectivity index (χ0n) is 22.6. The number of benzene rings is 2. The van der Waals surface area contributed by atoms with E-state index in [-0.39, 0.29) is 35.6 Å². The highest BCUT2D eigenvalue weighted by molar-refractivity contribution is 7.85. The number of hydrogen-bond donors (Lipinski definition) is 3. The normalized spacial score (nSPS) is 22.9. The van der Waals surface area contributed by atoms with Crippen LogP contribution in [0.2, 0.25) is 0 Å². The molecule has 2 aromatic rings. The Bertz CT molecular complexity index is 1220. The zero-order valence-corrected chi connectivity index (χ0v) is 23.4. The molecule has 1 aliphatic heterocycles. The number of ether oxygens (including phenoxy) is 2. The molecule has 0 spiro atoms. The van der Waals surface area contributed by atoms with Crippen molar-refractivity contribution in [3.8, 4) is 5.75 Å². The Morgan fingerprint density at radius 3 is 2.39 bits per heavy atom. The molecule has 0 aromatic heterocycles. The fourth-order valence-electron chi connectivity index (χ4n) is 4.54. The average molecular weight is 615 g/mol. The van der Waals surface area contributed by atoms with Gasteiger partial charge in [-0.05, 0) is 49.1 Å². The van der Waals surface area contributed by atoms with Gasteiger partial charge in [0.15, 0.2) is 0 Å². The van der Waals surface area contributed by atoms with Gasteiger partial charge in [0.1, 0.15) is 17.3 Å². The molecule has 0 bridgehead atoms. The number of hydrogen-bond acceptors (Lipinski definition) is 6. The lowest BCUT2D eigenvalue weighted by molar-refractivity contribution is -0.206. The number of nitrogens with one attached hydrogen (secondary N) is 1. The third-order valence-corrected chi connectivity index (χ3v) is 8.72. The fraction of sp³-hybridized carbons (Fsp3) is 0.556. The summed E-state index contributed by atoms with van der Waals surface area (Å²) in [7, 11) is -0.355. The summed E-state index contributed by atoms with van der Waals surface area (Å²) in [5.41, 5.74) is 3.68. The van der Waals surface area contributed by atoms with Crippen LogP contribution in [-0.4, -0.2) is 65.1 Å². The standard InChI is InChI=1S/C27H33F7N2O4S/c1-25(2,27(32,33)34)18-6-4-5-15(8-18)11-36-20-14-41(38)13-17(24(20)37)7-16-9-19(28)23(35)21(10-16)40-22(12-39-3)26(29,30)31/h4-6,8-10,17,20,22,24,36-37H,7,11-14,35H2,1-3H3/t17-,20+,22-,24+,41?/m1/s1. The van der Waals surface area contributed by atoms with Crippen LogP contribution in [0, 0.1) is 11.7 Å². The minimum absolute atomic E-state index is 0.0468. The van der Waals surface area contributed by atoms with Crippen LogP contribution in [0.4, 0.5) is 36.4 Å². The maximum Gasteiger partial charge on any atom is 0.427 e. The molecule has 3 rings (SSSR count). The zero-order chi connectivity index (χ0) is 30.8. The predicted octanol–water partition coefficient (Wildman–Crippen LogP) is 4.64. The van der Waals surface area contributed by atoms with Crippen molar-refractivity contribution in [1.82, 2.24) is 5.32 Å². The Labute approximate surface area is 235 Å². The topological polar surface area (TPSA) is 93.8 Å². The Morgan fingerprint density at radius 2 is 1.78 bits per heavy atom. The summed E-state index contributed by atoms with van der Waals surface area (Å²) in [6, 6.07) is 7.38. The molecule has 0 amide bonds. The number of aliphatic hydroxyl groups is 1. The predicted molar refractivity (Wildman–Crippen MR) is 140 cm³/mol. The lowest BCUT2D eigenvalue weighted by atomic mass is 9.83. The summed E-state index contributed by atoms with van der Waals surface area (Å²) in [6.45, 7) is 1.39. The summed E-state index contributed by atoms with van der Waals surface area (Å²) in [5.74, 6) is -2.11. The Hall–Kier alpha value is -2.42. The first-order valence-electron chi connectivity index (χ1n) is 12.7. The van der Waals surface area contributed by atoms with E-state index >= 15 is 0 Å². The SMILES string of the molecule is COC[C@@H](Oc1cc(C[C@@H]2CS(=O)C[C@H](NCc3cccc(C(C)(C)C(F)(F)F)c3)[C@H]2O)cc(F)c1N)C(F)(F)F. The number of anilines is 1. The molecule has 1 unspecified atom stereocenters. The molecule has 1 aliphatic rings. The molecule has 0 radical (unpaired) electrons. The van der Waals surface area contributed by atoms with E-state index in [9.17, 15) is 40.0 Å². The van der Waals surface area contributed by atoms with E-state index < -0.39 is 76.6 Å². The highest BCUT2D eigenvalue weighted by atomic mass is 32.2. The van der Waals surface area contributed by atoms with Crippen LogP contribution in [-0.2, 0) is 33.9 Å². The molecular formula is C27H33F7N2O4S. The molecule has 4 N–H and O–H groups in total. The first kappa shape index (κ1) is 33.1. The minimum atomic E-state index is -4.81. The van der Waals surface area contributed by atoms with Crippen molar-refractivity contribution < 1.29 is 49.5 Å². The Kier molecular flexibility index (Phi) is 10.4. The number of rotatable bonds is 10. The summed E-state index contributed by atoms with van der Waals surface area (Å²) in [4.78, 5) is 0. The lowest BCUT2D eigenvalue weighted by Crippen LogP contribution is -2.53. The molecule has 1 heterocycles. The number of nitrogen functional groups attached to an aromatic ring is 1. The van der Waals surface area contributed by atoms with Crippen LogP contribution in [0.15, 0.2) is 36.4 Å². The van der Waals surface area contributed by atoms with Crippen LogP contribution in [0.1, 0.15) is 30.5 Å². The van der Waals surface area contributed by atoms with Crippen molar-refractivity contribution in [3.63, 3.8) is 0 Å². The van der Waals surface area contributed by atoms with Crippen molar-refractivity contribution in [1.29, 1.82) is 0 Å². The van der Waals surface area contributed by atoms with Crippen molar-refractivity contribution in [2.75, 3.05) is 31.0 Å². The monoisotopic (exact) mass is 614 g/mol. The maximum absolute atomic E-state index is 14.6. The molecule has 1 fully saturated rings. The second-order valence-electron chi connectivity index (χ2n) is 10.6. The van der Waals surface area contributed by atoms with E-state index in [1.165, 1.54) is 18.2 Å². The van der Waals surface area contributed by atoms with E-state index in [0.29, 0.717) is 5.56 Å². The van der Waals surface area contributed by atoms with Gasteiger partial charge < -0.3 is 25.6 Å². The second-order valence-corrected chi connectivity index (χ2v) is 12.2. The van der Waals surface area contributed by atoms with Gasteiger partial charge in [-0.15, -0.1) is 0 Å². The summed E-state index contributed by atoms with van der Waals surface area (Å²) >= 11 is 0. The largest absolute Gasteiger partial charge is 0.476 e. The van der Waals surface area contributed by atoms with Crippen molar-refractivity contribution in [3.05, 3.63) is 58.9 Å². The molecule has 6 nitrogen and oxygen atoms in total. The van der Waals surface area contributed by atoms with Crippen LogP contribution < -0.4 is 15.8 Å².